The van der Waals surface area contributed by atoms with Crippen LogP contribution in [0.3, 0.4) is 0 Å². The van der Waals surface area contributed by atoms with Gasteiger partial charge in [-0.2, -0.15) is 0 Å². The van der Waals surface area contributed by atoms with Gasteiger partial charge in [-0.15, -0.1) is 0 Å². The molecule has 1 rings (SSSR count). The molecule has 2 N–H and O–H groups in total. The number of carbonyl (C=O) groups is 2. The van der Waals surface area contributed by atoms with E-state index >= 15 is 0 Å². The van der Waals surface area contributed by atoms with Crippen LogP contribution >= 0.6 is 0 Å². The van der Waals surface area contributed by atoms with Gasteiger partial charge < -0.3 is 10.4 Å². The number of carbonyl (C=O) groups excluding carboxylic acids is 2. The van der Waals surface area contributed by atoms with E-state index in [1.165, 1.54) is 4.90 Å². The number of imide groups is 1. The maximum Gasteiger partial charge on any atom is 0.229 e. The zero-order valence-corrected chi connectivity index (χ0v) is 10.8. The zero-order valence-electron chi connectivity index (χ0n) is 10.8. The Balaban J connectivity index is 2.54. The minimum Gasteiger partial charge on any atom is -0.390 e. The van der Waals surface area contributed by atoms with Crippen LogP contribution in [0.4, 0.5) is 0 Å². The number of aliphatic hydroxyl groups excluding tert-OH is 1. The first-order valence-corrected chi connectivity index (χ1v) is 6.07. The lowest BCUT2D eigenvalue weighted by atomic mass is 9.81. The fourth-order valence-electron chi connectivity index (χ4n) is 2.00. The summed E-state index contributed by atoms with van der Waals surface area (Å²) in [5.74, 6) is -0.358. The summed E-state index contributed by atoms with van der Waals surface area (Å²) in [6.07, 6.45) is 0.0448. The third-order valence-corrected chi connectivity index (χ3v) is 2.88. The van der Waals surface area contributed by atoms with Crippen molar-refractivity contribution >= 4 is 11.8 Å². The minimum atomic E-state index is -0.691. The summed E-state index contributed by atoms with van der Waals surface area (Å²) in [5, 5.41) is 12.7. The molecule has 1 heterocycles. The summed E-state index contributed by atoms with van der Waals surface area (Å²) in [7, 11) is 0. The van der Waals surface area contributed by atoms with Crippen LogP contribution in [0, 0.1) is 5.41 Å². The van der Waals surface area contributed by atoms with Crippen LogP contribution in [-0.4, -0.2) is 47.6 Å². The zero-order chi connectivity index (χ0) is 13.1. The van der Waals surface area contributed by atoms with Gasteiger partial charge in [-0.3, -0.25) is 14.5 Å². The molecule has 0 spiro atoms. The number of likely N-dealkylation sites (N-methyl/N-ethyl adjacent to an activating group) is 1. The Kier molecular flexibility index (Phi) is 4.65. The Hall–Kier alpha value is -0.940. The van der Waals surface area contributed by atoms with E-state index < -0.39 is 6.10 Å². The van der Waals surface area contributed by atoms with E-state index in [1.54, 1.807) is 0 Å². The molecular weight excluding hydrogens is 220 g/mol. The Bertz CT molecular complexity index is 282. The van der Waals surface area contributed by atoms with E-state index in [9.17, 15) is 14.7 Å². The third-order valence-electron chi connectivity index (χ3n) is 2.88. The molecule has 5 heteroatoms. The molecule has 0 saturated carbocycles. The molecule has 0 aromatic carbocycles. The van der Waals surface area contributed by atoms with Crippen molar-refractivity contribution in [3.05, 3.63) is 0 Å². The topological polar surface area (TPSA) is 69.6 Å². The smallest absolute Gasteiger partial charge is 0.229 e. The highest BCUT2D eigenvalue weighted by Crippen LogP contribution is 2.31. The Morgan fingerprint density at radius 2 is 1.88 bits per heavy atom. The molecule has 5 nitrogen and oxygen atoms in total. The number of hydrogen-bond acceptors (Lipinski definition) is 4. The van der Waals surface area contributed by atoms with Crippen LogP contribution < -0.4 is 5.32 Å². The van der Waals surface area contributed by atoms with E-state index in [0.29, 0.717) is 19.4 Å². The number of hydrogen-bond donors (Lipinski definition) is 2. The standard InChI is InChI=1S/C12H22N2O3/c1-4-13-7-9(15)8-14-10(16)5-12(2,3)6-11(14)17/h9,13,15H,4-8H2,1-3H3. The first-order chi connectivity index (χ1) is 7.85. The van der Waals surface area contributed by atoms with Gasteiger partial charge in [0, 0.05) is 19.4 Å². The molecule has 17 heavy (non-hydrogen) atoms. The lowest BCUT2D eigenvalue weighted by Crippen LogP contribution is -2.50. The van der Waals surface area contributed by atoms with Gasteiger partial charge in [0.15, 0.2) is 0 Å². The van der Waals surface area contributed by atoms with Crippen LogP contribution in [0.1, 0.15) is 33.6 Å². The highest BCUT2D eigenvalue weighted by Gasteiger charge is 2.37. The second-order valence-electron chi connectivity index (χ2n) is 5.38. The van der Waals surface area contributed by atoms with E-state index in [1.807, 2.05) is 20.8 Å². The number of rotatable bonds is 5. The van der Waals surface area contributed by atoms with E-state index in [0.717, 1.165) is 6.54 Å². The van der Waals surface area contributed by atoms with Crippen LogP contribution in [0.2, 0.25) is 0 Å². The van der Waals surface area contributed by atoms with Crippen molar-refractivity contribution < 1.29 is 14.7 Å². The largest absolute Gasteiger partial charge is 0.390 e. The molecule has 1 saturated heterocycles. The molecule has 1 fully saturated rings. The Morgan fingerprint density at radius 1 is 1.35 bits per heavy atom. The molecule has 2 amide bonds. The second kappa shape index (κ2) is 5.60. The predicted octanol–water partition coefficient (Wildman–Crippen LogP) is 0.132. The van der Waals surface area contributed by atoms with Gasteiger partial charge in [0.1, 0.15) is 0 Å². The summed E-state index contributed by atoms with van der Waals surface area (Å²) >= 11 is 0. The van der Waals surface area contributed by atoms with Crippen molar-refractivity contribution in [1.29, 1.82) is 0 Å². The molecule has 98 valence electrons. The maximum atomic E-state index is 11.8. The van der Waals surface area contributed by atoms with E-state index in [-0.39, 0.29) is 23.8 Å². The number of likely N-dealkylation sites (tertiary alicyclic amines) is 1. The number of piperidine rings is 1. The van der Waals surface area contributed by atoms with Crippen LogP contribution in [0.25, 0.3) is 0 Å². The molecule has 0 aliphatic carbocycles. The Morgan fingerprint density at radius 3 is 2.35 bits per heavy atom. The lowest BCUT2D eigenvalue weighted by Gasteiger charge is -2.35. The highest BCUT2D eigenvalue weighted by molar-refractivity contribution is 5.98. The maximum absolute atomic E-state index is 11.8. The predicted molar refractivity (Wildman–Crippen MR) is 64.3 cm³/mol. The van der Waals surface area contributed by atoms with Crippen LogP contribution in [0.5, 0.6) is 0 Å². The number of aliphatic hydroxyl groups is 1. The van der Waals surface area contributed by atoms with Gasteiger partial charge in [-0.1, -0.05) is 20.8 Å². The van der Waals surface area contributed by atoms with Crippen molar-refractivity contribution in [3.8, 4) is 0 Å². The molecule has 1 unspecified atom stereocenters. The number of nitrogens with one attached hydrogen (secondary N) is 1. The van der Waals surface area contributed by atoms with Gasteiger partial charge in [0.25, 0.3) is 0 Å². The van der Waals surface area contributed by atoms with Crippen molar-refractivity contribution in [3.63, 3.8) is 0 Å². The molecule has 0 bridgehead atoms. The normalized spacial score (nSPS) is 21.8. The van der Waals surface area contributed by atoms with Gasteiger partial charge in [0.2, 0.25) is 11.8 Å². The fourth-order valence-corrected chi connectivity index (χ4v) is 2.00. The van der Waals surface area contributed by atoms with Crippen LogP contribution in [-0.2, 0) is 9.59 Å². The van der Waals surface area contributed by atoms with Gasteiger partial charge >= 0.3 is 0 Å². The number of amides is 2. The summed E-state index contributed by atoms with van der Waals surface area (Å²) in [4.78, 5) is 24.8. The van der Waals surface area contributed by atoms with Crippen molar-refractivity contribution in [2.45, 2.75) is 39.7 Å². The molecular formula is C12H22N2O3. The minimum absolute atomic E-state index is 0.0980. The summed E-state index contributed by atoms with van der Waals surface area (Å²) in [5.41, 5.74) is -0.253. The van der Waals surface area contributed by atoms with Crippen molar-refractivity contribution in [2.24, 2.45) is 5.41 Å². The third kappa shape index (κ3) is 4.09. The van der Waals surface area contributed by atoms with Gasteiger partial charge in [-0.05, 0) is 12.0 Å². The highest BCUT2D eigenvalue weighted by atomic mass is 16.3. The summed E-state index contributed by atoms with van der Waals surface area (Å²) < 4.78 is 0. The number of β-amino-alcohol motifs (C(OH)–C–C–N with tert-alkyl or cyclic N) is 1. The Labute approximate surface area is 102 Å². The van der Waals surface area contributed by atoms with Crippen LogP contribution in [0.15, 0.2) is 0 Å². The molecule has 0 radical (unpaired) electrons. The average Bonchev–Trinajstić information content (AvgIpc) is 2.19. The summed E-state index contributed by atoms with van der Waals surface area (Å²) in [6.45, 7) is 7.01. The van der Waals surface area contributed by atoms with Gasteiger partial charge in [0.05, 0.1) is 12.6 Å². The fraction of sp³-hybridized carbons (Fsp3) is 0.833. The monoisotopic (exact) mass is 242 g/mol. The van der Waals surface area contributed by atoms with Crippen molar-refractivity contribution in [2.75, 3.05) is 19.6 Å². The quantitative estimate of drug-likeness (QED) is 0.672. The summed E-state index contributed by atoms with van der Waals surface area (Å²) in [6, 6.07) is 0. The first-order valence-electron chi connectivity index (χ1n) is 6.07. The SMILES string of the molecule is CCNCC(O)CN1C(=O)CC(C)(C)CC1=O. The van der Waals surface area contributed by atoms with E-state index in [2.05, 4.69) is 5.32 Å². The number of nitrogens with zero attached hydrogens (tertiary/aromatic N) is 1. The average molecular weight is 242 g/mol. The van der Waals surface area contributed by atoms with E-state index in [4.69, 9.17) is 0 Å². The molecule has 1 aliphatic heterocycles. The van der Waals surface area contributed by atoms with Gasteiger partial charge in [-0.25, -0.2) is 0 Å². The molecule has 1 aliphatic rings. The molecule has 0 aromatic heterocycles. The first kappa shape index (κ1) is 14.1. The lowest BCUT2D eigenvalue weighted by molar-refractivity contribution is -0.154. The molecule has 0 aromatic rings. The second-order valence-corrected chi connectivity index (χ2v) is 5.38. The molecule has 1 atom stereocenters. The van der Waals surface area contributed by atoms with Crippen molar-refractivity contribution in [1.82, 2.24) is 10.2 Å².